The van der Waals surface area contributed by atoms with Gasteiger partial charge in [-0.1, -0.05) is 12.1 Å². The van der Waals surface area contributed by atoms with Crippen LogP contribution < -0.4 is 9.47 Å². The fourth-order valence-electron chi connectivity index (χ4n) is 1.45. The molecule has 0 saturated carbocycles. The maximum atomic E-state index is 8.38. The van der Waals surface area contributed by atoms with Gasteiger partial charge in [0.05, 0.1) is 7.11 Å². The Kier molecular flexibility index (Phi) is 2.42. The number of benzene rings is 2. The summed E-state index contributed by atoms with van der Waals surface area (Å²) in [4.78, 5) is 0. The Morgan fingerprint density at radius 2 is 1.60 bits per heavy atom. The molecule has 2 aromatic carbocycles. The molecule has 0 aliphatic carbocycles. The molecule has 0 unspecified atom stereocenters. The molecule has 0 spiro atoms. The van der Waals surface area contributed by atoms with Crippen molar-refractivity contribution >= 4 is 10.8 Å². The average molecular weight is 199 g/mol. The van der Waals surface area contributed by atoms with Crippen molar-refractivity contribution < 1.29 is 9.47 Å². The van der Waals surface area contributed by atoms with Crippen LogP contribution in [0.4, 0.5) is 0 Å². The number of methoxy groups -OCH3 is 1. The second kappa shape index (κ2) is 3.89. The second-order valence-corrected chi connectivity index (χ2v) is 3.07. The van der Waals surface area contributed by atoms with Crippen LogP contribution in [-0.4, -0.2) is 7.11 Å². The summed E-state index contributed by atoms with van der Waals surface area (Å²) in [6.07, 6.45) is 1.65. The topological polar surface area (TPSA) is 42.2 Å². The monoisotopic (exact) mass is 199 g/mol. The van der Waals surface area contributed by atoms with Gasteiger partial charge in [0.15, 0.2) is 0 Å². The standard InChI is InChI=1S/C12H9NO2/c1-14-11-4-2-10-7-12(15-8-13)5-3-9(10)6-11/h2-7H,1H3. The Hall–Kier alpha value is -2.21. The highest BCUT2D eigenvalue weighted by Crippen LogP contribution is 2.24. The van der Waals surface area contributed by atoms with Crippen LogP contribution in [0.15, 0.2) is 36.4 Å². The number of nitriles is 1. The lowest BCUT2D eigenvalue weighted by atomic mass is 10.1. The summed E-state index contributed by atoms with van der Waals surface area (Å²) in [6, 6.07) is 11.2. The summed E-state index contributed by atoms with van der Waals surface area (Å²) >= 11 is 0. The van der Waals surface area contributed by atoms with E-state index in [1.165, 1.54) is 0 Å². The fraction of sp³-hybridized carbons (Fsp3) is 0.0833. The third kappa shape index (κ3) is 1.84. The van der Waals surface area contributed by atoms with Gasteiger partial charge >= 0.3 is 0 Å². The molecule has 0 radical (unpaired) electrons. The highest BCUT2D eigenvalue weighted by Gasteiger charge is 1.99. The van der Waals surface area contributed by atoms with E-state index < -0.39 is 0 Å². The zero-order chi connectivity index (χ0) is 10.7. The van der Waals surface area contributed by atoms with Gasteiger partial charge in [-0.15, -0.1) is 5.26 Å². The minimum absolute atomic E-state index is 0.551. The van der Waals surface area contributed by atoms with E-state index in [0.29, 0.717) is 5.75 Å². The van der Waals surface area contributed by atoms with Crippen molar-refractivity contribution in [1.82, 2.24) is 0 Å². The summed E-state index contributed by atoms with van der Waals surface area (Å²) in [5.41, 5.74) is 0. The lowest BCUT2D eigenvalue weighted by Crippen LogP contribution is -1.84. The van der Waals surface area contributed by atoms with Gasteiger partial charge in [-0.3, -0.25) is 0 Å². The van der Waals surface area contributed by atoms with Gasteiger partial charge in [0, 0.05) is 0 Å². The molecule has 2 aromatic rings. The van der Waals surface area contributed by atoms with Crippen LogP contribution in [0.5, 0.6) is 11.5 Å². The van der Waals surface area contributed by atoms with Gasteiger partial charge in [-0.05, 0) is 35.0 Å². The molecule has 0 saturated heterocycles. The molecule has 0 aliphatic heterocycles. The quantitative estimate of drug-likeness (QED) is 0.698. The highest BCUT2D eigenvalue weighted by molar-refractivity contribution is 5.85. The Balaban J connectivity index is 2.51. The highest BCUT2D eigenvalue weighted by atomic mass is 16.5. The number of rotatable bonds is 2. The molecule has 0 aliphatic rings. The number of fused-ring (bicyclic) bond motifs is 1. The molecule has 0 bridgehead atoms. The number of nitrogens with zero attached hydrogens (tertiary/aromatic N) is 1. The van der Waals surface area contributed by atoms with Crippen molar-refractivity contribution in [3.63, 3.8) is 0 Å². The number of hydrogen-bond donors (Lipinski definition) is 0. The van der Waals surface area contributed by atoms with Crippen molar-refractivity contribution in [2.24, 2.45) is 0 Å². The molecule has 0 N–H and O–H groups in total. The van der Waals surface area contributed by atoms with Crippen LogP contribution in [0.1, 0.15) is 0 Å². The van der Waals surface area contributed by atoms with E-state index >= 15 is 0 Å². The minimum atomic E-state index is 0.551. The minimum Gasteiger partial charge on any atom is -0.497 e. The van der Waals surface area contributed by atoms with Crippen LogP contribution >= 0.6 is 0 Å². The van der Waals surface area contributed by atoms with Crippen molar-refractivity contribution in [3.05, 3.63) is 36.4 Å². The molecular weight excluding hydrogens is 190 g/mol. The van der Waals surface area contributed by atoms with Crippen molar-refractivity contribution in [2.45, 2.75) is 0 Å². The second-order valence-electron chi connectivity index (χ2n) is 3.07. The van der Waals surface area contributed by atoms with E-state index in [2.05, 4.69) is 0 Å². The number of hydrogen-bond acceptors (Lipinski definition) is 3. The molecule has 0 aromatic heterocycles. The van der Waals surface area contributed by atoms with Gasteiger partial charge in [0.2, 0.25) is 0 Å². The maximum absolute atomic E-state index is 8.38. The van der Waals surface area contributed by atoms with E-state index in [9.17, 15) is 0 Å². The zero-order valence-corrected chi connectivity index (χ0v) is 8.23. The Bertz CT molecular complexity index is 529. The summed E-state index contributed by atoms with van der Waals surface area (Å²) in [6.45, 7) is 0. The molecular formula is C12H9NO2. The van der Waals surface area contributed by atoms with E-state index in [1.54, 1.807) is 19.4 Å². The smallest absolute Gasteiger partial charge is 0.292 e. The molecule has 3 heteroatoms. The Morgan fingerprint density at radius 1 is 1.00 bits per heavy atom. The molecule has 2 rings (SSSR count). The van der Waals surface area contributed by atoms with Crippen LogP contribution in [-0.2, 0) is 0 Å². The Labute approximate surface area is 87.5 Å². The molecule has 0 heterocycles. The predicted molar refractivity (Wildman–Crippen MR) is 56.7 cm³/mol. The Morgan fingerprint density at radius 3 is 2.20 bits per heavy atom. The first-order valence-corrected chi connectivity index (χ1v) is 4.47. The lowest BCUT2D eigenvalue weighted by Gasteiger charge is -2.03. The molecule has 15 heavy (non-hydrogen) atoms. The molecule has 74 valence electrons. The predicted octanol–water partition coefficient (Wildman–Crippen LogP) is 2.71. The van der Waals surface area contributed by atoms with Crippen molar-refractivity contribution in [3.8, 4) is 17.8 Å². The van der Waals surface area contributed by atoms with Gasteiger partial charge in [0.25, 0.3) is 6.26 Å². The van der Waals surface area contributed by atoms with E-state index in [-0.39, 0.29) is 0 Å². The molecule has 0 amide bonds. The molecule has 3 nitrogen and oxygen atoms in total. The van der Waals surface area contributed by atoms with Crippen LogP contribution in [0.2, 0.25) is 0 Å². The summed E-state index contributed by atoms with van der Waals surface area (Å²) in [7, 11) is 1.63. The SMILES string of the molecule is COc1ccc2cc(OC#N)ccc2c1. The van der Waals surface area contributed by atoms with Crippen molar-refractivity contribution in [2.75, 3.05) is 7.11 Å². The first-order valence-electron chi connectivity index (χ1n) is 4.47. The van der Waals surface area contributed by atoms with E-state index in [0.717, 1.165) is 16.5 Å². The van der Waals surface area contributed by atoms with Gasteiger partial charge in [-0.2, -0.15) is 0 Å². The first kappa shape index (κ1) is 9.35. The van der Waals surface area contributed by atoms with Crippen LogP contribution in [0.3, 0.4) is 0 Å². The largest absolute Gasteiger partial charge is 0.497 e. The van der Waals surface area contributed by atoms with Crippen LogP contribution in [0.25, 0.3) is 10.8 Å². The summed E-state index contributed by atoms with van der Waals surface area (Å²) < 4.78 is 9.86. The molecule has 0 fully saturated rings. The van der Waals surface area contributed by atoms with E-state index in [4.69, 9.17) is 14.7 Å². The summed E-state index contributed by atoms with van der Waals surface area (Å²) in [5.74, 6) is 1.37. The zero-order valence-electron chi connectivity index (χ0n) is 8.23. The van der Waals surface area contributed by atoms with Gasteiger partial charge < -0.3 is 9.47 Å². The third-order valence-electron chi connectivity index (χ3n) is 2.18. The average Bonchev–Trinajstić information content (AvgIpc) is 2.29. The van der Waals surface area contributed by atoms with Crippen molar-refractivity contribution in [1.29, 1.82) is 5.26 Å². The maximum Gasteiger partial charge on any atom is 0.292 e. The number of ether oxygens (including phenoxy) is 2. The first-order chi connectivity index (χ1) is 7.33. The fourth-order valence-corrected chi connectivity index (χ4v) is 1.45. The van der Waals surface area contributed by atoms with E-state index in [1.807, 2.05) is 30.3 Å². The summed E-state index contributed by atoms with van der Waals surface area (Å²) in [5, 5.41) is 10.5. The normalized spacial score (nSPS) is 9.60. The lowest BCUT2D eigenvalue weighted by molar-refractivity contribution is 0.415. The van der Waals surface area contributed by atoms with Gasteiger partial charge in [-0.25, -0.2) is 0 Å². The molecule has 0 atom stereocenters. The third-order valence-corrected chi connectivity index (χ3v) is 2.18. The van der Waals surface area contributed by atoms with Crippen LogP contribution in [0, 0.1) is 11.5 Å². The van der Waals surface area contributed by atoms with Gasteiger partial charge in [0.1, 0.15) is 11.5 Å².